The van der Waals surface area contributed by atoms with E-state index in [9.17, 15) is 0 Å². The molecule has 0 aliphatic heterocycles. The molecule has 0 aromatic rings. The van der Waals surface area contributed by atoms with E-state index < -0.39 is 0 Å². The van der Waals surface area contributed by atoms with Gasteiger partial charge in [0.2, 0.25) is 0 Å². The molecule has 0 saturated heterocycles. The first-order valence-corrected chi connectivity index (χ1v) is 7.24. The molecular formula is C13H29NS. The molecule has 1 nitrogen and oxygen atoms in total. The van der Waals surface area contributed by atoms with Crippen molar-refractivity contribution in [3.05, 3.63) is 0 Å². The quantitative estimate of drug-likeness (QED) is 0.638. The third-order valence-electron chi connectivity index (χ3n) is 2.72. The van der Waals surface area contributed by atoms with Gasteiger partial charge in [0.15, 0.2) is 0 Å². The molecule has 92 valence electrons. The van der Waals surface area contributed by atoms with Crippen molar-refractivity contribution < 1.29 is 0 Å². The fraction of sp³-hybridized carbons (Fsp3) is 1.00. The van der Waals surface area contributed by atoms with E-state index >= 15 is 0 Å². The van der Waals surface area contributed by atoms with Gasteiger partial charge in [-0.25, -0.2) is 0 Å². The van der Waals surface area contributed by atoms with Crippen LogP contribution in [-0.2, 0) is 0 Å². The Morgan fingerprint density at radius 1 is 1.00 bits per heavy atom. The zero-order chi connectivity index (χ0) is 11.8. The molecule has 2 unspecified atom stereocenters. The van der Waals surface area contributed by atoms with E-state index in [1.54, 1.807) is 0 Å². The molecule has 0 aromatic carbocycles. The minimum atomic E-state index is 0.731. The van der Waals surface area contributed by atoms with Gasteiger partial charge in [-0.05, 0) is 24.8 Å². The third kappa shape index (κ3) is 9.25. The number of thioether (sulfide) groups is 1. The van der Waals surface area contributed by atoms with Crippen molar-refractivity contribution in [3.63, 3.8) is 0 Å². The van der Waals surface area contributed by atoms with E-state index in [0.717, 1.165) is 28.9 Å². The van der Waals surface area contributed by atoms with E-state index in [2.05, 4.69) is 58.6 Å². The summed E-state index contributed by atoms with van der Waals surface area (Å²) in [6, 6.07) is 0. The van der Waals surface area contributed by atoms with Crippen LogP contribution in [-0.4, -0.2) is 23.6 Å². The second-order valence-corrected chi connectivity index (χ2v) is 7.10. The van der Waals surface area contributed by atoms with Crippen LogP contribution >= 0.6 is 11.8 Å². The number of rotatable bonds is 8. The molecule has 0 saturated carbocycles. The zero-order valence-corrected chi connectivity index (χ0v) is 12.2. The van der Waals surface area contributed by atoms with Gasteiger partial charge in [-0.3, -0.25) is 0 Å². The van der Waals surface area contributed by atoms with E-state index in [-0.39, 0.29) is 0 Å². The smallest absolute Gasteiger partial charge is 0.0146 e. The molecule has 0 aromatic heterocycles. The van der Waals surface area contributed by atoms with Gasteiger partial charge in [0, 0.05) is 17.0 Å². The summed E-state index contributed by atoms with van der Waals surface area (Å²) in [5.41, 5.74) is 0. The molecule has 2 atom stereocenters. The fourth-order valence-corrected chi connectivity index (χ4v) is 2.53. The number of hydrogen-bond acceptors (Lipinski definition) is 2. The average molecular weight is 231 g/mol. The maximum atomic E-state index is 3.54. The summed E-state index contributed by atoms with van der Waals surface area (Å²) in [5.74, 6) is 1.60. The highest BCUT2D eigenvalue weighted by molar-refractivity contribution is 8.00. The van der Waals surface area contributed by atoms with Crippen LogP contribution in [0.15, 0.2) is 0 Å². The van der Waals surface area contributed by atoms with E-state index in [4.69, 9.17) is 0 Å². The number of hydrogen-bond donors (Lipinski definition) is 1. The van der Waals surface area contributed by atoms with Crippen LogP contribution in [0.3, 0.4) is 0 Å². The lowest BCUT2D eigenvalue weighted by atomic mass is 10.1. The van der Waals surface area contributed by atoms with Crippen LogP contribution in [0.4, 0.5) is 0 Å². The maximum absolute atomic E-state index is 3.54. The van der Waals surface area contributed by atoms with Gasteiger partial charge in [0.1, 0.15) is 0 Å². The highest BCUT2D eigenvalue weighted by Crippen LogP contribution is 2.22. The SMILES string of the molecule is CC(C)CCNCC(C)SC(C)C(C)C. The van der Waals surface area contributed by atoms with Crippen molar-refractivity contribution >= 4 is 11.8 Å². The summed E-state index contributed by atoms with van der Waals surface area (Å²) in [7, 11) is 0. The Morgan fingerprint density at radius 3 is 2.07 bits per heavy atom. The second kappa shape index (κ2) is 8.46. The molecule has 0 rings (SSSR count). The van der Waals surface area contributed by atoms with Gasteiger partial charge in [-0.1, -0.05) is 41.5 Å². The molecule has 2 heteroatoms. The fourth-order valence-electron chi connectivity index (χ4n) is 1.27. The van der Waals surface area contributed by atoms with Crippen molar-refractivity contribution in [2.75, 3.05) is 13.1 Å². The van der Waals surface area contributed by atoms with Crippen molar-refractivity contribution in [1.29, 1.82) is 0 Å². The van der Waals surface area contributed by atoms with Gasteiger partial charge in [-0.2, -0.15) is 11.8 Å². The van der Waals surface area contributed by atoms with Crippen molar-refractivity contribution in [2.45, 2.75) is 58.5 Å². The highest BCUT2D eigenvalue weighted by atomic mass is 32.2. The van der Waals surface area contributed by atoms with E-state index in [1.165, 1.54) is 13.0 Å². The van der Waals surface area contributed by atoms with Gasteiger partial charge in [0.05, 0.1) is 0 Å². The molecule has 1 N–H and O–H groups in total. The Kier molecular flexibility index (Phi) is 8.64. The minimum Gasteiger partial charge on any atom is -0.316 e. The lowest BCUT2D eigenvalue weighted by molar-refractivity contribution is 0.538. The monoisotopic (exact) mass is 231 g/mol. The van der Waals surface area contributed by atoms with Crippen LogP contribution in [0.1, 0.15) is 48.0 Å². The Hall–Kier alpha value is 0.310. The Balaban J connectivity index is 3.44. The molecular weight excluding hydrogens is 202 g/mol. The Morgan fingerprint density at radius 2 is 1.60 bits per heavy atom. The van der Waals surface area contributed by atoms with Crippen LogP contribution in [0.5, 0.6) is 0 Å². The molecule has 0 aliphatic rings. The van der Waals surface area contributed by atoms with Crippen LogP contribution in [0, 0.1) is 11.8 Å². The summed E-state index contributed by atoms with van der Waals surface area (Å²) in [4.78, 5) is 0. The van der Waals surface area contributed by atoms with E-state index in [1.807, 2.05) is 0 Å². The standard InChI is InChI=1S/C13H29NS/c1-10(2)7-8-14-9-12(5)15-13(6)11(3)4/h10-14H,7-9H2,1-6H3. The summed E-state index contributed by atoms with van der Waals surface area (Å²) in [6.07, 6.45) is 1.29. The third-order valence-corrected chi connectivity index (χ3v) is 4.32. The van der Waals surface area contributed by atoms with Crippen molar-refractivity contribution in [2.24, 2.45) is 11.8 Å². The largest absolute Gasteiger partial charge is 0.316 e. The van der Waals surface area contributed by atoms with E-state index in [0.29, 0.717) is 0 Å². The maximum Gasteiger partial charge on any atom is 0.0146 e. The van der Waals surface area contributed by atoms with Crippen molar-refractivity contribution in [3.8, 4) is 0 Å². The Labute approximate surface area is 101 Å². The van der Waals surface area contributed by atoms with Gasteiger partial charge in [-0.15, -0.1) is 0 Å². The highest BCUT2D eigenvalue weighted by Gasteiger charge is 2.11. The predicted octanol–water partition coefficient (Wildman–Crippen LogP) is 3.79. The lowest BCUT2D eigenvalue weighted by Crippen LogP contribution is -2.26. The Bertz CT molecular complexity index is 145. The van der Waals surface area contributed by atoms with Crippen LogP contribution < -0.4 is 5.32 Å². The molecule has 0 fully saturated rings. The van der Waals surface area contributed by atoms with Gasteiger partial charge < -0.3 is 5.32 Å². The average Bonchev–Trinajstić information content (AvgIpc) is 2.12. The first-order valence-electron chi connectivity index (χ1n) is 6.29. The molecule has 0 spiro atoms. The van der Waals surface area contributed by atoms with Crippen LogP contribution in [0.2, 0.25) is 0 Å². The second-order valence-electron chi connectivity index (χ2n) is 5.28. The van der Waals surface area contributed by atoms with Crippen LogP contribution in [0.25, 0.3) is 0 Å². The van der Waals surface area contributed by atoms with Gasteiger partial charge >= 0.3 is 0 Å². The molecule has 0 heterocycles. The first-order chi connectivity index (χ1) is 6.93. The lowest BCUT2D eigenvalue weighted by Gasteiger charge is -2.20. The zero-order valence-electron chi connectivity index (χ0n) is 11.3. The minimum absolute atomic E-state index is 0.731. The molecule has 0 radical (unpaired) electrons. The molecule has 0 bridgehead atoms. The summed E-state index contributed by atoms with van der Waals surface area (Å²) in [6.45, 7) is 16.1. The summed E-state index contributed by atoms with van der Waals surface area (Å²) < 4.78 is 0. The number of nitrogens with one attached hydrogen (secondary N) is 1. The van der Waals surface area contributed by atoms with Crippen molar-refractivity contribution in [1.82, 2.24) is 5.32 Å². The summed E-state index contributed by atoms with van der Waals surface area (Å²) >= 11 is 2.10. The molecule has 0 amide bonds. The normalized spacial score (nSPS) is 16.0. The summed E-state index contributed by atoms with van der Waals surface area (Å²) in [5, 5.41) is 5.04. The topological polar surface area (TPSA) is 12.0 Å². The first kappa shape index (κ1) is 15.3. The molecule has 0 aliphatic carbocycles. The molecule has 15 heavy (non-hydrogen) atoms. The van der Waals surface area contributed by atoms with Gasteiger partial charge in [0.25, 0.3) is 0 Å². The predicted molar refractivity (Wildman–Crippen MR) is 73.7 cm³/mol.